The van der Waals surface area contributed by atoms with Crippen LogP contribution in [-0.4, -0.2) is 17.1 Å². The lowest BCUT2D eigenvalue weighted by Gasteiger charge is -2.20. The Bertz CT molecular complexity index is 421. The molecule has 0 spiro atoms. The van der Waals surface area contributed by atoms with Gasteiger partial charge in [-0.05, 0) is 46.5 Å². The Morgan fingerprint density at radius 1 is 1.24 bits per heavy atom. The first-order chi connectivity index (χ1) is 9.76. The van der Waals surface area contributed by atoms with Gasteiger partial charge in [-0.3, -0.25) is 0 Å². The van der Waals surface area contributed by atoms with Crippen LogP contribution in [0.4, 0.5) is 0 Å². The molecule has 4 heteroatoms. The zero-order valence-electron chi connectivity index (χ0n) is 14.7. The average molecular weight is 313 g/mol. The molecule has 0 aliphatic carbocycles. The van der Waals surface area contributed by atoms with Crippen LogP contribution in [0.5, 0.6) is 0 Å². The van der Waals surface area contributed by atoms with E-state index in [0.717, 1.165) is 31.0 Å². The minimum absolute atomic E-state index is 0.128. The van der Waals surface area contributed by atoms with Crippen molar-refractivity contribution in [3.63, 3.8) is 0 Å². The van der Waals surface area contributed by atoms with Crippen molar-refractivity contribution in [2.24, 2.45) is 5.92 Å². The number of ether oxygens (including phenoxy) is 1. The van der Waals surface area contributed by atoms with Gasteiger partial charge in [-0.2, -0.15) is 0 Å². The number of rotatable bonds is 8. The summed E-state index contributed by atoms with van der Waals surface area (Å²) in [5.41, 5.74) is 1.38. The summed E-state index contributed by atoms with van der Waals surface area (Å²) in [4.78, 5) is 6.26. The maximum Gasteiger partial charge on any atom is 0.122 e. The summed E-state index contributed by atoms with van der Waals surface area (Å²) in [6.45, 7) is 17.0. The first-order valence-electron chi connectivity index (χ1n) is 8.11. The van der Waals surface area contributed by atoms with Crippen molar-refractivity contribution in [1.29, 1.82) is 0 Å². The Hall–Kier alpha value is -0.450. The van der Waals surface area contributed by atoms with Crippen LogP contribution in [0, 0.1) is 5.92 Å². The van der Waals surface area contributed by atoms with Crippen LogP contribution in [0.15, 0.2) is 0 Å². The molecule has 3 nitrogen and oxygen atoms in total. The van der Waals surface area contributed by atoms with E-state index in [2.05, 4.69) is 46.9 Å². The SMILES string of the molecule is CCOC(CC)c1nc(CC(C)C)c(CNC(C)(C)C)s1. The average Bonchev–Trinajstić information content (AvgIpc) is 2.74. The van der Waals surface area contributed by atoms with Crippen LogP contribution < -0.4 is 5.32 Å². The molecule has 0 aliphatic heterocycles. The standard InChI is InChI=1S/C17H32N2OS/c1-8-14(20-9-2)16-19-13(10-12(3)4)15(21-16)11-18-17(5,6)7/h12,14,18H,8-11H2,1-7H3. The molecule has 21 heavy (non-hydrogen) atoms. The second-order valence-electron chi connectivity index (χ2n) is 6.98. The van der Waals surface area contributed by atoms with Gasteiger partial charge in [-0.15, -0.1) is 11.3 Å². The quantitative estimate of drug-likeness (QED) is 0.754. The van der Waals surface area contributed by atoms with E-state index in [0.29, 0.717) is 5.92 Å². The number of aromatic nitrogens is 1. The number of thiazole rings is 1. The van der Waals surface area contributed by atoms with Crippen molar-refractivity contribution in [3.05, 3.63) is 15.6 Å². The molecule has 0 radical (unpaired) electrons. The van der Waals surface area contributed by atoms with E-state index in [9.17, 15) is 0 Å². The lowest BCUT2D eigenvalue weighted by Crippen LogP contribution is -2.35. The number of hydrogen-bond donors (Lipinski definition) is 1. The highest BCUT2D eigenvalue weighted by Gasteiger charge is 2.20. The Kier molecular flexibility index (Phi) is 7.31. The van der Waals surface area contributed by atoms with E-state index in [1.165, 1.54) is 10.6 Å². The van der Waals surface area contributed by atoms with Gasteiger partial charge < -0.3 is 10.1 Å². The summed E-state index contributed by atoms with van der Waals surface area (Å²) >= 11 is 1.82. The molecule has 0 saturated heterocycles. The van der Waals surface area contributed by atoms with Crippen molar-refractivity contribution in [2.75, 3.05) is 6.61 Å². The third kappa shape index (κ3) is 6.45. The third-order valence-electron chi connectivity index (χ3n) is 3.19. The molecule has 1 rings (SSSR count). The van der Waals surface area contributed by atoms with Gasteiger partial charge in [0.25, 0.3) is 0 Å². The fraction of sp³-hybridized carbons (Fsp3) is 0.824. The summed E-state index contributed by atoms with van der Waals surface area (Å²) in [5, 5.41) is 4.72. The van der Waals surface area contributed by atoms with Crippen LogP contribution in [-0.2, 0) is 17.7 Å². The monoisotopic (exact) mass is 312 g/mol. The van der Waals surface area contributed by atoms with E-state index in [1.807, 2.05) is 18.3 Å². The van der Waals surface area contributed by atoms with Gasteiger partial charge in [-0.1, -0.05) is 20.8 Å². The molecule has 0 fully saturated rings. The third-order valence-corrected chi connectivity index (χ3v) is 4.38. The molecule has 0 amide bonds. The van der Waals surface area contributed by atoms with Crippen molar-refractivity contribution in [2.45, 2.75) is 79.5 Å². The summed E-state index contributed by atoms with van der Waals surface area (Å²) in [6.07, 6.45) is 2.17. The molecule has 1 aromatic heterocycles. The molecule has 1 heterocycles. The predicted octanol–water partition coefficient (Wildman–Crippen LogP) is 4.72. The zero-order valence-corrected chi connectivity index (χ0v) is 15.6. The molecule has 0 aromatic carbocycles. The van der Waals surface area contributed by atoms with Crippen molar-refractivity contribution >= 4 is 11.3 Å². The van der Waals surface area contributed by atoms with E-state index < -0.39 is 0 Å². The van der Waals surface area contributed by atoms with Crippen LogP contribution >= 0.6 is 11.3 Å². The maximum absolute atomic E-state index is 5.82. The van der Waals surface area contributed by atoms with Crippen LogP contribution in [0.1, 0.15) is 76.6 Å². The number of nitrogens with one attached hydrogen (secondary N) is 1. The molecular formula is C17H32N2OS. The second kappa shape index (κ2) is 8.25. The largest absolute Gasteiger partial charge is 0.371 e. The number of nitrogens with zero attached hydrogens (tertiary/aromatic N) is 1. The van der Waals surface area contributed by atoms with Crippen LogP contribution in [0.3, 0.4) is 0 Å². The smallest absolute Gasteiger partial charge is 0.122 e. The first kappa shape index (κ1) is 18.6. The Balaban J connectivity index is 2.94. The van der Waals surface area contributed by atoms with Gasteiger partial charge >= 0.3 is 0 Å². The Morgan fingerprint density at radius 3 is 2.38 bits per heavy atom. The Morgan fingerprint density at radius 2 is 1.90 bits per heavy atom. The van der Waals surface area contributed by atoms with Crippen LogP contribution in [0.2, 0.25) is 0 Å². The maximum atomic E-state index is 5.82. The highest BCUT2D eigenvalue weighted by molar-refractivity contribution is 7.11. The van der Waals surface area contributed by atoms with Gasteiger partial charge in [0.1, 0.15) is 11.1 Å². The predicted molar refractivity (Wildman–Crippen MR) is 91.9 cm³/mol. The lowest BCUT2D eigenvalue weighted by atomic mass is 10.1. The van der Waals surface area contributed by atoms with Gasteiger partial charge in [0, 0.05) is 23.6 Å². The Labute approximate surface area is 134 Å². The summed E-state index contributed by atoms with van der Waals surface area (Å²) in [6, 6.07) is 0. The number of hydrogen-bond acceptors (Lipinski definition) is 4. The normalized spacial score (nSPS) is 13.9. The minimum atomic E-state index is 0.128. The minimum Gasteiger partial charge on any atom is -0.371 e. The fourth-order valence-electron chi connectivity index (χ4n) is 2.14. The molecule has 1 aromatic rings. The summed E-state index contributed by atoms with van der Waals surface area (Å²) in [7, 11) is 0. The van der Waals surface area contributed by atoms with Gasteiger partial charge in [0.05, 0.1) is 5.69 Å². The summed E-state index contributed by atoms with van der Waals surface area (Å²) in [5.74, 6) is 0.625. The first-order valence-corrected chi connectivity index (χ1v) is 8.93. The van der Waals surface area contributed by atoms with Gasteiger partial charge in [-0.25, -0.2) is 4.98 Å². The molecule has 1 unspecified atom stereocenters. The molecule has 1 atom stereocenters. The van der Waals surface area contributed by atoms with E-state index in [1.54, 1.807) is 0 Å². The van der Waals surface area contributed by atoms with E-state index in [-0.39, 0.29) is 11.6 Å². The fourth-order valence-corrected chi connectivity index (χ4v) is 3.30. The van der Waals surface area contributed by atoms with E-state index >= 15 is 0 Å². The zero-order chi connectivity index (χ0) is 16.0. The second-order valence-corrected chi connectivity index (χ2v) is 8.09. The molecule has 0 saturated carbocycles. The lowest BCUT2D eigenvalue weighted by molar-refractivity contribution is 0.0595. The highest BCUT2D eigenvalue weighted by atomic mass is 32.1. The molecule has 0 bridgehead atoms. The summed E-state index contributed by atoms with van der Waals surface area (Å²) < 4.78 is 5.82. The van der Waals surface area contributed by atoms with Crippen molar-refractivity contribution in [3.8, 4) is 0 Å². The van der Waals surface area contributed by atoms with Gasteiger partial charge in [0.15, 0.2) is 0 Å². The molecule has 1 N–H and O–H groups in total. The highest BCUT2D eigenvalue weighted by Crippen LogP contribution is 2.30. The van der Waals surface area contributed by atoms with Crippen LogP contribution in [0.25, 0.3) is 0 Å². The van der Waals surface area contributed by atoms with E-state index in [4.69, 9.17) is 9.72 Å². The molecule has 0 aliphatic rings. The van der Waals surface area contributed by atoms with Gasteiger partial charge in [0.2, 0.25) is 0 Å². The van der Waals surface area contributed by atoms with Crippen molar-refractivity contribution in [1.82, 2.24) is 10.3 Å². The van der Waals surface area contributed by atoms with Crippen molar-refractivity contribution < 1.29 is 4.74 Å². The molecular weight excluding hydrogens is 280 g/mol. The topological polar surface area (TPSA) is 34.1 Å². The molecule has 122 valence electrons.